The van der Waals surface area contributed by atoms with Gasteiger partial charge in [0.2, 0.25) is 10.0 Å². The zero-order chi connectivity index (χ0) is 19.2. The summed E-state index contributed by atoms with van der Waals surface area (Å²) in [6.45, 7) is 2.67. The Labute approximate surface area is 152 Å². The molecule has 0 aliphatic carbocycles. The molecule has 0 saturated carbocycles. The molecule has 2 aromatic rings. The Morgan fingerprint density at radius 3 is 2.27 bits per heavy atom. The van der Waals surface area contributed by atoms with Crippen molar-refractivity contribution in [2.75, 3.05) is 11.9 Å². The first kappa shape index (κ1) is 19.6. The highest BCUT2D eigenvalue weighted by molar-refractivity contribution is 7.89. The molecular weight excluding hydrogens is 356 g/mol. The van der Waals surface area contributed by atoms with Crippen molar-refractivity contribution in [1.82, 2.24) is 4.72 Å². The van der Waals surface area contributed by atoms with Crippen LogP contribution in [0.1, 0.15) is 12.5 Å². The maximum Gasteiger partial charge on any atom is 0.321 e. The lowest BCUT2D eigenvalue weighted by Crippen LogP contribution is -2.35. The molecule has 8 heteroatoms. The van der Waals surface area contributed by atoms with Crippen molar-refractivity contribution in [1.29, 1.82) is 0 Å². The fraction of sp³-hybridized carbons (Fsp3) is 0.222. The van der Waals surface area contributed by atoms with Gasteiger partial charge in [-0.25, -0.2) is 8.42 Å². The average molecular weight is 376 g/mol. The third-order valence-electron chi connectivity index (χ3n) is 3.46. The van der Waals surface area contributed by atoms with Gasteiger partial charge in [0.15, 0.2) is 6.10 Å². The lowest BCUT2D eigenvalue weighted by atomic mass is 10.2. The minimum atomic E-state index is -3.83. The van der Waals surface area contributed by atoms with Crippen molar-refractivity contribution >= 4 is 27.6 Å². The molecular formula is C18H20N2O5S. The molecule has 7 nitrogen and oxygen atoms in total. The molecule has 1 atom stereocenters. The predicted molar refractivity (Wildman–Crippen MR) is 97.0 cm³/mol. The number of hydrogen-bond donors (Lipinski definition) is 2. The van der Waals surface area contributed by atoms with Gasteiger partial charge in [-0.15, -0.1) is 0 Å². The standard InChI is InChI=1S/C18H20N2O5S/c1-13-8-10-16(11-9-13)26(23,24)19-12-17(21)25-14(2)18(22)20-15-6-4-3-5-7-15/h3-11,14,19H,12H2,1-2H3,(H,20,22)/t14-/m1/s1. The zero-order valence-corrected chi connectivity index (χ0v) is 15.2. The van der Waals surface area contributed by atoms with Gasteiger partial charge in [-0.05, 0) is 38.1 Å². The van der Waals surface area contributed by atoms with Crippen molar-refractivity contribution < 1.29 is 22.7 Å². The Morgan fingerprint density at radius 1 is 1.04 bits per heavy atom. The largest absolute Gasteiger partial charge is 0.452 e. The number of esters is 1. The molecule has 0 heterocycles. The van der Waals surface area contributed by atoms with Gasteiger partial charge in [-0.1, -0.05) is 35.9 Å². The van der Waals surface area contributed by atoms with Crippen LogP contribution < -0.4 is 10.0 Å². The average Bonchev–Trinajstić information content (AvgIpc) is 2.61. The second kappa shape index (κ2) is 8.59. The van der Waals surface area contributed by atoms with Crippen molar-refractivity contribution in [3.8, 4) is 0 Å². The van der Waals surface area contributed by atoms with Crippen LogP contribution in [0.5, 0.6) is 0 Å². The number of hydrogen-bond acceptors (Lipinski definition) is 5. The summed E-state index contributed by atoms with van der Waals surface area (Å²) in [5.41, 5.74) is 1.49. The van der Waals surface area contributed by atoms with Crippen molar-refractivity contribution in [3.05, 3.63) is 60.2 Å². The van der Waals surface area contributed by atoms with Crippen LogP contribution in [0.25, 0.3) is 0 Å². The van der Waals surface area contributed by atoms with Crippen molar-refractivity contribution in [2.45, 2.75) is 24.8 Å². The maximum atomic E-state index is 12.1. The fourth-order valence-electron chi connectivity index (χ4n) is 2.01. The first-order valence-electron chi connectivity index (χ1n) is 7.89. The second-order valence-electron chi connectivity index (χ2n) is 5.62. The Bertz CT molecular complexity index is 864. The monoisotopic (exact) mass is 376 g/mol. The topological polar surface area (TPSA) is 102 Å². The first-order chi connectivity index (χ1) is 12.3. The molecule has 0 spiro atoms. The Balaban J connectivity index is 1.85. The molecule has 2 rings (SSSR count). The summed E-state index contributed by atoms with van der Waals surface area (Å²) < 4.78 is 31.3. The predicted octanol–water partition coefficient (Wildman–Crippen LogP) is 1.84. The van der Waals surface area contributed by atoms with E-state index in [9.17, 15) is 18.0 Å². The van der Waals surface area contributed by atoms with Crippen LogP contribution in [0.3, 0.4) is 0 Å². The summed E-state index contributed by atoms with van der Waals surface area (Å²) in [4.78, 5) is 23.8. The summed E-state index contributed by atoms with van der Waals surface area (Å²) >= 11 is 0. The van der Waals surface area contributed by atoms with E-state index in [4.69, 9.17) is 4.74 Å². The van der Waals surface area contributed by atoms with Gasteiger partial charge < -0.3 is 10.1 Å². The van der Waals surface area contributed by atoms with E-state index >= 15 is 0 Å². The second-order valence-corrected chi connectivity index (χ2v) is 7.39. The van der Waals surface area contributed by atoms with Crippen LogP contribution in [0.4, 0.5) is 5.69 Å². The van der Waals surface area contributed by atoms with Gasteiger partial charge in [0.25, 0.3) is 5.91 Å². The number of anilines is 1. The van der Waals surface area contributed by atoms with E-state index in [1.165, 1.54) is 19.1 Å². The summed E-state index contributed by atoms with van der Waals surface area (Å²) in [6.07, 6.45) is -1.06. The number of amides is 1. The van der Waals surface area contributed by atoms with Crippen LogP contribution in [-0.4, -0.2) is 32.9 Å². The minimum absolute atomic E-state index is 0.0470. The number of carbonyl (C=O) groups is 2. The van der Waals surface area contributed by atoms with Crippen molar-refractivity contribution in [2.24, 2.45) is 0 Å². The minimum Gasteiger partial charge on any atom is -0.452 e. The molecule has 0 saturated heterocycles. The number of carbonyl (C=O) groups excluding carboxylic acids is 2. The molecule has 2 aromatic carbocycles. The Kier molecular flexibility index (Phi) is 6.48. The van der Waals surface area contributed by atoms with E-state index in [1.807, 2.05) is 6.92 Å². The van der Waals surface area contributed by atoms with E-state index in [0.717, 1.165) is 5.56 Å². The van der Waals surface area contributed by atoms with Crippen LogP contribution in [0.15, 0.2) is 59.5 Å². The summed E-state index contributed by atoms with van der Waals surface area (Å²) in [5, 5.41) is 2.60. The molecule has 1 amide bonds. The number of para-hydroxylation sites is 1. The molecule has 26 heavy (non-hydrogen) atoms. The highest BCUT2D eigenvalue weighted by Crippen LogP contribution is 2.10. The lowest BCUT2D eigenvalue weighted by Gasteiger charge is -2.14. The smallest absolute Gasteiger partial charge is 0.321 e. The highest BCUT2D eigenvalue weighted by Gasteiger charge is 2.20. The molecule has 0 bridgehead atoms. The van der Waals surface area contributed by atoms with Crippen LogP contribution in [0.2, 0.25) is 0 Å². The number of nitrogens with one attached hydrogen (secondary N) is 2. The Morgan fingerprint density at radius 2 is 1.65 bits per heavy atom. The van der Waals surface area contributed by atoms with Crippen LogP contribution >= 0.6 is 0 Å². The molecule has 0 aliphatic rings. The van der Waals surface area contributed by atoms with E-state index in [0.29, 0.717) is 5.69 Å². The van der Waals surface area contributed by atoms with Crippen LogP contribution in [-0.2, 0) is 24.3 Å². The first-order valence-corrected chi connectivity index (χ1v) is 9.38. The molecule has 138 valence electrons. The van der Waals surface area contributed by atoms with Crippen LogP contribution in [0, 0.1) is 6.92 Å². The number of ether oxygens (including phenoxy) is 1. The van der Waals surface area contributed by atoms with E-state index in [-0.39, 0.29) is 4.90 Å². The van der Waals surface area contributed by atoms with Gasteiger partial charge in [0.1, 0.15) is 6.54 Å². The van der Waals surface area contributed by atoms with E-state index < -0.39 is 34.5 Å². The normalized spacial score (nSPS) is 12.2. The number of rotatable bonds is 7. The molecule has 0 aliphatic heterocycles. The lowest BCUT2D eigenvalue weighted by molar-refractivity contribution is -0.151. The van der Waals surface area contributed by atoms with E-state index in [1.54, 1.807) is 42.5 Å². The Hall–Kier alpha value is -2.71. The van der Waals surface area contributed by atoms with Crippen molar-refractivity contribution in [3.63, 3.8) is 0 Å². The molecule has 2 N–H and O–H groups in total. The highest BCUT2D eigenvalue weighted by atomic mass is 32.2. The quantitative estimate of drug-likeness (QED) is 0.718. The van der Waals surface area contributed by atoms with E-state index in [2.05, 4.69) is 10.0 Å². The number of sulfonamides is 1. The number of benzene rings is 2. The summed E-state index contributed by atoms with van der Waals surface area (Å²) in [7, 11) is -3.83. The SMILES string of the molecule is Cc1ccc(S(=O)(=O)NCC(=O)O[C@H](C)C(=O)Nc2ccccc2)cc1. The maximum absolute atomic E-state index is 12.1. The third kappa shape index (κ3) is 5.68. The van der Waals surface area contributed by atoms with Gasteiger partial charge >= 0.3 is 5.97 Å². The van der Waals surface area contributed by atoms with Gasteiger partial charge in [-0.2, -0.15) is 4.72 Å². The number of aryl methyl sites for hydroxylation is 1. The molecule has 0 unspecified atom stereocenters. The molecule has 0 radical (unpaired) electrons. The van der Waals surface area contributed by atoms with Gasteiger partial charge in [0, 0.05) is 5.69 Å². The zero-order valence-electron chi connectivity index (χ0n) is 14.4. The third-order valence-corrected chi connectivity index (χ3v) is 4.87. The molecule has 0 aromatic heterocycles. The summed E-state index contributed by atoms with van der Waals surface area (Å²) in [6, 6.07) is 14.9. The molecule has 0 fully saturated rings. The van der Waals surface area contributed by atoms with Gasteiger partial charge in [-0.3, -0.25) is 9.59 Å². The summed E-state index contributed by atoms with van der Waals surface area (Å²) in [5.74, 6) is -1.36. The van der Waals surface area contributed by atoms with Gasteiger partial charge in [0.05, 0.1) is 4.90 Å². The fourth-order valence-corrected chi connectivity index (χ4v) is 2.98.